The molecule has 0 bridgehead atoms. The van der Waals surface area contributed by atoms with Crippen LogP contribution in [-0.2, 0) is 9.59 Å². The number of carboxylic acids is 1. The second-order valence-electron chi connectivity index (χ2n) is 3.82. The first-order valence-corrected chi connectivity index (χ1v) is 5.27. The zero-order valence-corrected chi connectivity index (χ0v) is 8.69. The SMILES string of the molecule is O=C(O)CC(=O)N1CCCC1CCCO. The summed E-state index contributed by atoms with van der Waals surface area (Å²) in [5, 5.41) is 17.2. The van der Waals surface area contributed by atoms with E-state index in [1.807, 2.05) is 0 Å². The van der Waals surface area contributed by atoms with Crippen molar-refractivity contribution in [1.29, 1.82) is 0 Å². The topological polar surface area (TPSA) is 77.8 Å². The molecule has 0 aromatic heterocycles. The van der Waals surface area contributed by atoms with Gasteiger partial charge in [-0.3, -0.25) is 9.59 Å². The number of hydrogen-bond donors (Lipinski definition) is 2. The fourth-order valence-corrected chi connectivity index (χ4v) is 2.02. The molecule has 15 heavy (non-hydrogen) atoms. The first-order valence-electron chi connectivity index (χ1n) is 5.27. The molecule has 1 heterocycles. The van der Waals surface area contributed by atoms with Crippen LogP contribution in [0.3, 0.4) is 0 Å². The van der Waals surface area contributed by atoms with Gasteiger partial charge < -0.3 is 15.1 Å². The Bertz CT molecular complexity index is 242. The second kappa shape index (κ2) is 5.70. The van der Waals surface area contributed by atoms with Crippen LogP contribution in [0, 0.1) is 0 Å². The Kier molecular flexibility index (Phi) is 4.55. The largest absolute Gasteiger partial charge is 0.481 e. The number of nitrogens with zero attached hydrogens (tertiary/aromatic N) is 1. The lowest BCUT2D eigenvalue weighted by Gasteiger charge is -2.23. The van der Waals surface area contributed by atoms with E-state index in [4.69, 9.17) is 10.2 Å². The summed E-state index contributed by atoms with van der Waals surface area (Å²) in [5.41, 5.74) is 0. The molecular weight excluding hydrogens is 198 g/mol. The van der Waals surface area contributed by atoms with Gasteiger partial charge in [0.2, 0.25) is 5.91 Å². The van der Waals surface area contributed by atoms with Crippen molar-refractivity contribution in [3.05, 3.63) is 0 Å². The van der Waals surface area contributed by atoms with E-state index in [1.165, 1.54) is 0 Å². The summed E-state index contributed by atoms with van der Waals surface area (Å²) in [6, 6.07) is 0.129. The molecule has 1 rings (SSSR count). The van der Waals surface area contributed by atoms with Gasteiger partial charge in [0.1, 0.15) is 6.42 Å². The molecule has 0 aliphatic carbocycles. The molecular formula is C10H17NO4. The number of carbonyl (C=O) groups is 2. The van der Waals surface area contributed by atoms with Crippen molar-refractivity contribution in [3.63, 3.8) is 0 Å². The van der Waals surface area contributed by atoms with Crippen LogP contribution in [0.1, 0.15) is 32.1 Å². The van der Waals surface area contributed by atoms with Crippen molar-refractivity contribution in [2.45, 2.75) is 38.1 Å². The number of aliphatic carboxylic acids is 1. The summed E-state index contributed by atoms with van der Waals surface area (Å²) in [5.74, 6) is -1.38. The molecule has 1 saturated heterocycles. The minimum Gasteiger partial charge on any atom is -0.481 e. The van der Waals surface area contributed by atoms with Gasteiger partial charge in [0.25, 0.3) is 0 Å². The minimum absolute atomic E-state index is 0.122. The molecule has 5 nitrogen and oxygen atoms in total. The van der Waals surface area contributed by atoms with E-state index in [0.717, 1.165) is 19.3 Å². The van der Waals surface area contributed by atoms with Crippen molar-refractivity contribution in [2.24, 2.45) is 0 Å². The number of hydrogen-bond acceptors (Lipinski definition) is 3. The van der Waals surface area contributed by atoms with Gasteiger partial charge in [-0.1, -0.05) is 0 Å². The van der Waals surface area contributed by atoms with E-state index in [2.05, 4.69) is 0 Å². The number of amides is 1. The van der Waals surface area contributed by atoms with Gasteiger partial charge in [-0.25, -0.2) is 0 Å². The molecule has 1 atom stereocenters. The number of aliphatic hydroxyl groups excluding tert-OH is 1. The van der Waals surface area contributed by atoms with Crippen molar-refractivity contribution in [2.75, 3.05) is 13.2 Å². The number of carboxylic acid groups (broad SMARTS) is 1. The van der Waals surface area contributed by atoms with Crippen LogP contribution in [0.25, 0.3) is 0 Å². The number of rotatable bonds is 5. The van der Waals surface area contributed by atoms with Gasteiger partial charge in [-0.2, -0.15) is 0 Å². The Hall–Kier alpha value is -1.10. The summed E-state index contributed by atoms with van der Waals surface area (Å²) in [6.07, 6.45) is 2.87. The molecule has 0 aromatic carbocycles. The highest BCUT2D eigenvalue weighted by Crippen LogP contribution is 2.21. The van der Waals surface area contributed by atoms with Crippen molar-refractivity contribution >= 4 is 11.9 Å². The Morgan fingerprint density at radius 3 is 2.73 bits per heavy atom. The van der Waals surface area contributed by atoms with Gasteiger partial charge in [0, 0.05) is 19.2 Å². The highest BCUT2D eigenvalue weighted by atomic mass is 16.4. The first-order chi connectivity index (χ1) is 7.15. The van der Waals surface area contributed by atoms with Crippen molar-refractivity contribution in [1.82, 2.24) is 4.90 Å². The molecule has 5 heteroatoms. The Balaban J connectivity index is 2.44. The summed E-state index contributed by atoms with van der Waals surface area (Å²) in [4.78, 5) is 23.6. The third-order valence-corrected chi connectivity index (χ3v) is 2.70. The zero-order chi connectivity index (χ0) is 11.3. The van der Waals surface area contributed by atoms with Crippen LogP contribution in [-0.4, -0.2) is 46.2 Å². The molecule has 1 amide bonds. The molecule has 1 aliphatic heterocycles. The van der Waals surface area contributed by atoms with Crippen LogP contribution < -0.4 is 0 Å². The minimum atomic E-state index is -1.08. The van der Waals surface area contributed by atoms with Gasteiger partial charge in [0.05, 0.1) is 0 Å². The average Bonchev–Trinajstić information content (AvgIpc) is 2.61. The Morgan fingerprint density at radius 2 is 2.13 bits per heavy atom. The van der Waals surface area contributed by atoms with E-state index >= 15 is 0 Å². The highest BCUT2D eigenvalue weighted by Gasteiger charge is 2.28. The number of likely N-dealkylation sites (tertiary alicyclic amines) is 1. The van der Waals surface area contributed by atoms with Gasteiger partial charge in [0.15, 0.2) is 0 Å². The van der Waals surface area contributed by atoms with E-state index in [9.17, 15) is 9.59 Å². The molecule has 0 spiro atoms. The summed E-state index contributed by atoms with van der Waals surface area (Å²) < 4.78 is 0. The molecule has 1 aliphatic rings. The molecule has 2 N–H and O–H groups in total. The van der Waals surface area contributed by atoms with Gasteiger partial charge in [-0.05, 0) is 25.7 Å². The molecule has 1 fully saturated rings. The van der Waals surface area contributed by atoms with Crippen molar-refractivity contribution in [3.8, 4) is 0 Å². The maximum Gasteiger partial charge on any atom is 0.312 e. The van der Waals surface area contributed by atoms with Crippen molar-refractivity contribution < 1.29 is 19.8 Å². The fraction of sp³-hybridized carbons (Fsp3) is 0.800. The van der Waals surface area contributed by atoms with E-state index < -0.39 is 12.4 Å². The average molecular weight is 215 g/mol. The zero-order valence-electron chi connectivity index (χ0n) is 8.69. The van der Waals surface area contributed by atoms with Crippen LogP contribution in [0.15, 0.2) is 0 Å². The molecule has 0 radical (unpaired) electrons. The third-order valence-electron chi connectivity index (χ3n) is 2.70. The molecule has 0 aromatic rings. The maximum atomic E-state index is 11.5. The molecule has 1 unspecified atom stereocenters. The van der Waals surface area contributed by atoms with Gasteiger partial charge in [-0.15, -0.1) is 0 Å². The van der Waals surface area contributed by atoms with E-state index in [-0.39, 0.29) is 18.6 Å². The smallest absolute Gasteiger partial charge is 0.312 e. The van der Waals surface area contributed by atoms with Gasteiger partial charge >= 0.3 is 5.97 Å². The monoisotopic (exact) mass is 215 g/mol. The standard InChI is InChI=1S/C10H17NO4/c12-6-2-4-8-3-1-5-11(8)9(13)7-10(14)15/h8,12H,1-7H2,(H,14,15). The lowest BCUT2D eigenvalue weighted by molar-refractivity contribution is -0.144. The Morgan fingerprint density at radius 1 is 1.40 bits per heavy atom. The maximum absolute atomic E-state index is 11.5. The summed E-state index contributed by atoms with van der Waals surface area (Å²) in [6.45, 7) is 0.777. The van der Waals surface area contributed by atoms with Crippen LogP contribution in [0.5, 0.6) is 0 Å². The second-order valence-corrected chi connectivity index (χ2v) is 3.82. The summed E-state index contributed by atoms with van der Waals surface area (Å²) >= 11 is 0. The molecule has 0 saturated carbocycles. The Labute approximate surface area is 88.7 Å². The van der Waals surface area contributed by atoms with E-state index in [1.54, 1.807) is 4.90 Å². The summed E-state index contributed by atoms with van der Waals surface area (Å²) in [7, 11) is 0. The predicted octanol–water partition coefficient (Wildman–Crippen LogP) is 0.225. The fourth-order valence-electron chi connectivity index (χ4n) is 2.02. The van der Waals surface area contributed by atoms with Crippen LogP contribution >= 0.6 is 0 Å². The lowest BCUT2D eigenvalue weighted by Crippen LogP contribution is -2.36. The third kappa shape index (κ3) is 3.51. The van der Waals surface area contributed by atoms with Crippen LogP contribution in [0.2, 0.25) is 0 Å². The first kappa shape index (κ1) is 12.0. The lowest BCUT2D eigenvalue weighted by atomic mass is 10.1. The quantitative estimate of drug-likeness (QED) is 0.643. The predicted molar refractivity (Wildman–Crippen MR) is 53.3 cm³/mol. The van der Waals surface area contributed by atoms with Crippen LogP contribution in [0.4, 0.5) is 0 Å². The van der Waals surface area contributed by atoms with E-state index in [0.29, 0.717) is 13.0 Å². The molecule has 86 valence electrons. The number of carbonyl (C=O) groups excluding carboxylic acids is 1. The highest BCUT2D eigenvalue weighted by molar-refractivity contribution is 5.93. The normalized spacial score (nSPS) is 20.6. The number of aliphatic hydroxyl groups is 1.